The maximum Gasteiger partial charge on any atom is 0.264 e. The van der Waals surface area contributed by atoms with Gasteiger partial charge in [-0.2, -0.15) is 0 Å². The van der Waals surface area contributed by atoms with Crippen LogP contribution in [0.25, 0.3) is 0 Å². The van der Waals surface area contributed by atoms with Gasteiger partial charge in [0.1, 0.15) is 5.75 Å². The molecule has 3 heterocycles. The van der Waals surface area contributed by atoms with Gasteiger partial charge >= 0.3 is 0 Å². The van der Waals surface area contributed by atoms with Gasteiger partial charge in [-0.3, -0.25) is 14.4 Å². The van der Waals surface area contributed by atoms with Gasteiger partial charge in [-0.15, -0.1) is 0 Å². The second-order valence-electron chi connectivity index (χ2n) is 12.2. The van der Waals surface area contributed by atoms with Crippen molar-refractivity contribution in [3.8, 4) is 5.75 Å². The topological polar surface area (TPSA) is 123 Å². The summed E-state index contributed by atoms with van der Waals surface area (Å²) in [6.07, 6.45) is 4.07. The zero-order valence-electron chi connectivity index (χ0n) is 26.2. The van der Waals surface area contributed by atoms with Crippen LogP contribution in [0.4, 0.5) is 11.4 Å². The highest BCUT2D eigenvalue weighted by atomic mass is 16.5. The number of carbonyl (C=O) groups excluding carboxylic acids is 3. The van der Waals surface area contributed by atoms with Crippen molar-refractivity contribution in [2.24, 2.45) is 5.92 Å². The van der Waals surface area contributed by atoms with Crippen LogP contribution in [-0.2, 0) is 39.5 Å². The van der Waals surface area contributed by atoms with Gasteiger partial charge in [-0.1, -0.05) is 55.5 Å². The van der Waals surface area contributed by atoms with E-state index in [1.165, 1.54) is 7.11 Å². The van der Waals surface area contributed by atoms with Crippen LogP contribution in [0, 0.1) is 5.92 Å². The number of nitrogens with one attached hydrogen (secondary N) is 1. The van der Waals surface area contributed by atoms with Crippen LogP contribution in [-0.4, -0.2) is 72.2 Å². The summed E-state index contributed by atoms with van der Waals surface area (Å²) in [6.45, 7) is 3.80. The van der Waals surface area contributed by atoms with E-state index in [4.69, 9.17) is 4.74 Å². The van der Waals surface area contributed by atoms with Crippen LogP contribution in [0.15, 0.2) is 78.9 Å². The summed E-state index contributed by atoms with van der Waals surface area (Å²) >= 11 is 0. The molecule has 3 N–H and O–H groups in total. The number of methoxy groups -OCH3 is 1. The Morgan fingerprint density at radius 1 is 1.11 bits per heavy atom. The number of aliphatic hydroxyl groups is 2. The minimum Gasteiger partial charge on any atom is -0.497 e. The highest BCUT2D eigenvalue weighted by molar-refractivity contribution is 6.07. The van der Waals surface area contributed by atoms with Gasteiger partial charge < -0.3 is 35.0 Å². The number of nitrogens with zero attached hydrogens (tertiary/aromatic N) is 3. The van der Waals surface area contributed by atoms with Gasteiger partial charge in [0.2, 0.25) is 11.8 Å². The van der Waals surface area contributed by atoms with E-state index < -0.39 is 17.4 Å². The Morgan fingerprint density at radius 3 is 2.67 bits per heavy atom. The number of carbonyl (C=O) groups is 3. The van der Waals surface area contributed by atoms with Crippen molar-refractivity contribution in [3.63, 3.8) is 0 Å². The number of rotatable bonds is 9. The van der Waals surface area contributed by atoms with Crippen molar-refractivity contribution >= 4 is 29.1 Å². The third-order valence-electron chi connectivity index (χ3n) is 9.39. The lowest BCUT2D eigenvalue weighted by molar-refractivity contribution is -0.139. The number of aliphatic hydroxyl groups excluding tert-OH is 1. The fraction of sp³-hybridized carbons (Fsp3) is 0.361. The molecule has 3 aromatic rings. The molecule has 0 spiro atoms. The van der Waals surface area contributed by atoms with Crippen molar-refractivity contribution in [3.05, 3.63) is 101 Å². The number of benzene rings is 3. The number of fused-ring (bicyclic) bond motifs is 2. The van der Waals surface area contributed by atoms with E-state index >= 15 is 0 Å². The predicted molar refractivity (Wildman–Crippen MR) is 174 cm³/mol. The molecule has 1 saturated heterocycles. The van der Waals surface area contributed by atoms with E-state index in [0.29, 0.717) is 43.1 Å². The van der Waals surface area contributed by atoms with Crippen LogP contribution < -0.4 is 19.9 Å². The van der Waals surface area contributed by atoms with Gasteiger partial charge in [0, 0.05) is 43.2 Å². The molecule has 0 saturated carbocycles. The molecule has 6 rings (SSSR count). The minimum atomic E-state index is -1.90. The highest BCUT2D eigenvalue weighted by Gasteiger charge is 2.52. The fourth-order valence-corrected chi connectivity index (χ4v) is 6.77. The molecule has 10 nitrogen and oxygen atoms in total. The molecule has 3 aliphatic heterocycles. The Bertz CT molecular complexity index is 1670. The van der Waals surface area contributed by atoms with Crippen molar-refractivity contribution in [2.45, 2.75) is 44.5 Å². The standard InChI is InChI=1S/C36H40N4O6/c1-24(7-5-12-33(42)39-22-27-10-4-3-9-26(27)18-29(39)23-41)36(45)31-19-30(46-2)13-14-32(31)40(35(36)44)21-25-8-6-11-28(17-25)38-16-15-37-20-34(38)43/h3-11,13-14,17,19,24,29,37,41,45H,12,15-16,18,20-23H2,1-2H3/b7-5+/t24-,29+,36+/m1/s1. The Hall–Kier alpha value is -4.51. The average Bonchev–Trinajstić information content (AvgIpc) is 3.29. The minimum absolute atomic E-state index is 0.0106. The van der Waals surface area contributed by atoms with Gasteiger partial charge in [-0.05, 0) is 53.4 Å². The highest BCUT2D eigenvalue weighted by Crippen LogP contribution is 2.47. The predicted octanol–water partition coefficient (Wildman–Crippen LogP) is 2.89. The van der Waals surface area contributed by atoms with Gasteiger partial charge in [0.05, 0.1) is 38.5 Å². The number of piperazine rings is 1. The second kappa shape index (κ2) is 13.1. The summed E-state index contributed by atoms with van der Waals surface area (Å²) in [5.41, 5.74) is 2.90. The first-order chi connectivity index (χ1) is 22.2. The number of anilines is 2. The lowest BCUT2D eigenvalue weighted by Gasteiger charge is -2.36. The molecule has 1 fully saturated rings. The second-order valence-corrected chi connectivity index (χ2v) is 12.2. The van der Waals surface area contributed by atoms with Crippen LogP contribution in [0.5, 0.6) is 5.75 Å². The number of hydrogen-bond acceptors (Lipinski definition) is 7. The van der Waals surface area contributed by atoms with E-state index in [9.17, 15) is 24.6 Å². The molecular formula is C36H40N4O6. The normalized spacial score (nSPS) is 21.8. The Labute approximate surface area is 268 Å². The van der Waals surface area contributed by atoms with Crippen LogP contribution in [0.1, 0.15) is 35.6 Å². The van der Waals surface area contributed by atoms with E-state index in [1.807, 2.05) is 48.5 Å². The van der Waals surface area contributed by atoms with Crippen molar-refractivity contribution in [2.75, 3.05) is 43.2 Å². The number of hydrogen-bond donors (Lipinski definition) is 3. The van der Waals surface area contributed by atoms with E-state index in [-0.39, 0.29) is 44.0 Å². The molecule has 0 bridgehead atoms. The number of ether oxygens (including phenoxy) is 1. The zero-order valence-corrected chi connectivity index (χ0v) is 26.2. The molecule has 10 heteroatoms. The first kappa shape index (κ1) is 31.5. The van der Waals surface area contributed by atoms with Crippen LogP contribution in [0.2, 0.25) is 0 Å². The Kier molecular flexibility index (Phi) is 8.95. The van der Waals surface area contributed by atoms with Crippen LogP contribution in [0.3, 0.4) is 0 Å². The first-order valence-corrected chi connectivity index (χ1v) is 15.7. The van der Waals surface area contributed by atoms with Gasteiger partial charge in [0.15, 0.2) is 5.60 Å². The molecule has 0 unspecified atom stereocenters. The quantitative estimate of drug-likeness (QED) is 0.313. The smallest absolute Gasteiger partial charge is 0.264 e. The average molecular weight is 625 g/mol. The summed E-state index contributed by atoms with van der Waals surface area (Å²) < 4.78 is 5.45. The zero-order chi connectivity index (χ0) is 32.4. The molecule has 3 atom stereocenters. The molecule has 0 radical (unpaired) electrons. The summed E-state index contributed by atoms with van der Waals surface area (Å²) in [4.78, 5) is 45.0. The maximum atomic E-state index is 14.1. The first-order valence-electron chi connectivity index (χ1n) is 15.7. The molecule has 0 aromatic heterocycles. The van der Waals surface area contributed by atoms with Crippen molar-refractivity contribution in [1.29, 1.82) is 0 Å². The third kappa shape index (κ3) is 5.79. The lowest BCUT2D eigenvalue weighted by Crippen LogP contribution is -2.48. The summed E-state index contributed by atoms with van der Waals surface area (Å²) in [5.74, 6) is -0.783. The molecule has 46 heavy (non-hydrogen) atoms. The lowest BCUT2D eigenvalue weighted by atomic mass is 9.82. The van der Waals surface area contributed by atoms with Gasteiger partial charge in [-0.25, -0.2) is 0 Å². The molecule has 3 aliphatic rings. The molecule has 3 aromatic carbocycles. The van der Waals surface area contributed by atoms with Gasteiger partial charge in [0.25, 0.3) is 5.91 Å². The summed E-state index contributed by atoms with van der Waals surface area (Å²) in [7, 11) is 1.53. The molecular weight excluding hydrogens is 584 g/mol. The number of amides is 3. The van der Waals surface area contributed by atoms with E-state index in [1.54, 1.807) is 52.0 Å². The third-order valence-corrected chi connectivity index (χ3v) is 9.39. The molecule has 240 valence electrons. The molecule has 3 amide bonds. The molecule has 0 aliphatic carbocycles. The fourth-order valence-electron chi connectivity index (χ4n) is 6.77. The van der Waals surface area contributed by atoms with Crippen molar-refractivity contribution < 1.29 is 29.3 Å². The monoisotopic (exact) mass is 624 g/mol. The Balaban J connectivity index is 1.22. The van der Waals surface area contributed by atoms with E-state index in [0.717, 1.165) is 22.4 Å². The summed E-state index contributed by atoms with van der Waals surface area (Å²) in [6, 6.07) is 20.4. The summed E-state index contributed by atoms with van der Waals surface area (Å²) in [5, 5.41) is 25.2. The Morgan fingerprint density at radius 2 is 1.91 bits per heavy atom. The van der Waals surface area contributed by atoms with Crippen LogP contribution >= 0.6 is 0 Å². The SMILES string of the molecule is COc1ccc2c(c1)[C@@](O)([C@H](C)/C=C/CC(=O)N1Cc3ccccc3C[C@H]1CO)C(=O)N2Cc1cccc(N2CCNCC2=O)c1. The maximum absolute atomic E-state index is 14.1. The largest absolute Gasteiger partial charge is 0.497 e. The van der Waals surface area contributed by atoms with E-state index in [2.05, 4.69) is 5.32 Å². The van der Waals surface area contributed by atoms with Crippen molar-refractivity contribution in [1.82, 2.24) is 10.2 Å².